The van der Waals surface area contributed by atoms with Crippen LogP contribution < -0.4 is 0 Å². The summed E-state index contributed by atoms with van der Waals surface area (Å²) in [4.78, 5) is 18.9. The number of amides is 1. The third kappa shape index (κ3) is 4.41. The summed E-state index contributed by atoms with van der Waals surface area (Å²) in [5, 5.41) is 9.62. The molecule has 4 rings (SSSR count). The lowest BCUT2D eigenvalue weighted by atomic mass is 10.0. The molecular formula is C23H27N5OS. The molecule has 0 bridgehead atoms. The summed E-state index contributed by atoms with van der Waals surface area (Å²) < 4.78 is 2.04. The van der Waals surface area contributed by atoms with Crippen molar-refractivity contribution in [3.8, 4) is 17.1 Å². The van der Waals surface area contributed by atoms with E-state index < -0.39 is 0 Å². The van der Waals surface area contributed by atoms with Gasteiger partial charge in [-0.3, -0.25) is 14.3 Å². The molecular weight excluding hydrogens is 394 g/mol. The fourth-order valence-corrected chi connectivity index (χ4v) is 4.64. The molecule has 1 amide bonds. The Balaban J connectivity index is 1.63. The number of hydrogen-bond donors (Lipinski definition) is 0. The molecule has 2 aromatic heterocycles. The molecule has 0 radical (unpaired) electrons. The topological polar surface area (TPSA) is 63.9 Å². The standard InChI is InChI=1S/C23H27N5OS/c1-16-5-4-12-27(14-16)21(29)15-30-23-26-25-22(19-8-10-24-11-9-19)28(23)20-7-6-17(2)18(3)13-20/h6-11,13,16H,4-5,12,14-15H2,1-3H3/t16-/m0/s1. The van der Waals surface area contributed by atoms with Gasteiger partial charge in [-0.05, 0) is 68.0 Å². The van der Waals surface area contributed by atoms with Gasteiger partial charge in [0.25, 0.3) is 0 Å². The normalized spacial score (nSPS) is 16.6. The third-order valence-electron chi connectivity index (χ3n) is 5.66. The molecule has 1 aliphatic rings. The van der Waals surface area contributed by atoms with E-state index in [0.717, 1.165) is 41.7 Å². The quantitative estimate of drug-likeness (QED) is 0.575. The number of carbonyl (C=O) groups is 1. The Morgan fingerprint density at radius 3 is 2.67 bits per heavy atom. The zero-order valence-electron chi connectivity index (χ0n) is 17.7. The van der Waals surface area contributed by atoms with Crippen LogP contribution in [-0.2, 0) is 4.79 Å². The van der Waals surface area contributed by atoms with E-state index in [4.69, 9.17) is 0 Å². The van der Waals surface area contributed by atoms with Crippen LogP contribution in [0, 0.1) is 19.8 Å². The van der Waals surface area contributed by atoms with Crippen LogP contribution in [0.4, 0.5) is 0 Å². The smallest absolute Gasteiger partial charge is 0.233 e. The third-order valence-corrected chi connectivity index (χ3v) is 6.57. The maximum Gasteiger partial charge on any atom is 0.233 e. The summed E-state index contributed by atoms with van der Waals surface area (Å²) in [7, 11) is 0. The zero-order valence-corrected chi connectivity index (χ0v) is 18.5. The molecule has 1 saturated heterocycles. The van der Waals surface area contributed by atoms with Crippen molar-refractivity contribution in [2.24, 2.45) is 5.92 Å². The Morgan fingerprint density at radius 2 is 1.93 bits per heavy atom. The molecule has 0 N–H and O–H groups in total. The summed E-state index contributed by atoms with van der Waals surface area (Å²) >= 11 is 1.45. The maximum atomic E-state index is 12.8. The highest BCUT2D eigenvalue weighted by Crippen LogP contribution is 2.29. The van der Waals surface area contributed by atoms with Crippen LogP contribution >= 0.6 is 11.8 Å². The average molecular weight is 422 g/mol. The second kappa shape index (κ2) is 9.00. The lowest BCUT2D eigenvalue weighted by Crippen LogP contribution is -2.40. The molecule has 0 unspecified atom stereocenters. The summed E-state index contributed by atoms with van der Waals surface area (Å²) in [6, 6.07) is 10.2. The van der Waals surface area contributed by atoms with Crippen molar-refractivity contribution in [2.45, 2.75) is 38.8 Å². The minimum absolute atomic E-state index is 0.173. The second-order valence-electron chi connectivity index (χ2n) is 8.02. The summed E-state index contributed by atoms with van der Waals surface area (Å²) in [6.07, 6.45) is 5.79. The lowest BCUT2D eigenvalue weighted by molar-refractivity contribution is -0.130. The first kappa shape index (κ1) is 20.6. The first-order chi connectivity index (χ1) is 14.5. The number of nitrogens with zero attached hydrogens (tertiary/aromatic N) is 5. The molecule has 3 heterocycles. The van der Waals surface area contributed by atoms with Crippen LogP contribution in [0.3, 0.4) is 0 Å². The number of carbonyl (C=O) groups excluding carboxylic acids is 1. The molecule has 0 spiro atoms. The van der Waals surface area contributed by atoms with Crippen molar-refractivity contribution < 1.29 is 4.79 Å². The molecule has 0 saturated carbocycles. The van der Waals surface area contributed by atoms with Crippen LogP contribution in [0.15, 0.2) is 47.9 Å². The SMILES string of the molecule is Cc1ccc(-n2c(SCC(=O)N3CCC[C@H](C)C3)nnc2-c2ccncc2)cc1C. The zero-order chi connectivity index (χ0) is 21.1. The van der Waals surface area contributed by atoms with E-state index in [1.54, 1.807) is 12.4 Å². The molecule has 7 heteroatoms. The predicted molar refractivity (Wildman–Crippen MR) is 120 cm³/mol. The van der Waals surface area contributed by atoms with Crippen LogP contribution in [0.25, 0.3) is 17.1 Å². The van der Waals surface area contributed by atoms with E-state index >= 15 is 0 Å². The molecule has 156 valence electrons. The minimum Gasteiger partial charge on any atom is -0.342 e. The van der Waals surface area contributed by atoms with Gasteiger partial charge in [-0.2, -0.15) is 0 Å². The number of aryl methyl sites for hydroxylation is 2. The Kier molecular flexibility index (Phi) is 6.18. The number of pyridine rings is 1. The molecule has 1 fully saturated rings. The largest absolute Gasteiger partial charge is 0.342 e. The molecule has 1 aliphatic heterocycles. The van der Waals surface area contributed by atoms with Gasteiger partial charge in [0, 0.05) is 31.0 Å². The highest BCUT2D eigenvalue weighted by Gasteiger charge is 2.23. The number of hydrogen-bond acceptors (Lipinski definition) is 5. The predicted octanol–water partition coefficient (Wildman–Crippen LogP) is 4.30. The van der Waals surface area contributed by atoms with Crippen LogP contribution in [-0.4, -0.2) is 49.4 Å². The molecule has 1 aromatic carbocycles. The van der Waals surface area contributed by atoms with Crippen molar-refractivity contribution in [3.63, 3.8) is 0 Å². The van der Waals surface area contributed by atoms with Crippen molar-refractivity contribution >= 4 is 17.7 Å². The molecule has 30 heavy (non-hydrogen) atoms. The number of piperidine rings is 1. The first-order valence-corrected chi connectivity index (χ1v) is 11.4. The molecule has 0 aliphatic carbocycles. The van der Waals surface area contributed by atoms with Crippen LogP contribution in [0.5, 0.6) is 0 Å². The van der Waals surface area contributed by atoms with Gasteiger partial charge in [0.15, 0.2) is 11.0 Å². The van der Waals surface area contributed by atoms with E-state index in [0.29, 0.717) is 11.7 Å². The van der Waals surface area contributed by atoms with E-state index in [1.165, 1.54) is 29.3 Å². The first-order valence-electron chi connectivity index (χ1n) is 10.4. The van der Waals surface area contributed by atoms with Gasteiger partial charge in [-0.1, -0.05) is 24.8 Å². The van der Waals surface area contributed by atoms with E-state index in [-0.39, 0.29) is 5.91 Å². The van der Waals surface area contributed by atoms with E-state index in [2.05, 4.69) is 54.2 Å². The fraction of sp³-hybridized carbons (Fsp3) is 0.391. The van der Waals surface area contributed by atoms with Gasteiger partial charge in [-0.15, -0.1) is 10.2 Å². The highest BCUT2D eigenvalue weighted by molar-refractivity contribution is 7.99. The highest BCUT2D eigenvalue weighted by atomic mass is 32.2. The molecule has 1 atom stereocenters. The van der Waals surface area contributed by atoms with E-state index in [1.807, 2.05) is 21.6 Å². The maximum absolute atomic E-state index is 12.8. The molecule has 6 nitrogen and oxygen atoms in total. The van der Waals surface area contributed by atoms with Crippen LogP contribution in [0.1, 0.15) is 30.9 Å². The second-order valence-corrected chi connectivity index (χ2v) is 8.96. The summed E-state index contributed by atoms with van der Waals surface area (Å²) in [5.41, 5.74) is 4.38. The van der Waals surface area contributed by atoms with Crippen molar-refractivity contribution in [2.75, 3.05) is 18.8 Å². The minimum atomic E-state index is 0.173. The van der Waals surface area contributed by atoms with Gasteiger partial charge in [0.1, 0.15) is 0 Å². The fourth-order valence-electron chi connectivity index (χ4n) is 3.78. The Labute approximate surface area is 181 Å². The van der Waals surface area contributed by atoms with Gasteiger partial charge < -0.3 is 4.90 Å². The Hall–Kier alpha value is -2.67. The number of likely N-dealkylation sites (tertiary alicyclic amines) is 1. The molecule has 3 aromatic rings. The Morgan fingerprint density at radius 1 is 1.13 bits per heavy atom. The van der Waals surface area contributed by atoms with Gasteiger partial charge >= 0.3 is 0 Å². The average Bonchev–Trinajstić information content (AvgIpc) is 3.18. The van der Waals surface area contributed by atoms with Crippen molar-refractivity contribution in [1.82, 2.24) is 24.6 Å². The Bertz CT molecular complexity index is 1030. The number of aromatic nitrogens is 4. The van der Waals surface area contributed by atoms with Gasteiger partial charge in [-0.25, -0.2) is 0 Å². The van der Waals surface area contributed by atoms with E-state index in [9.17, 15) is 4.79 Å². The number of rotatable bonds is 5. The van der Waals surface area contributed by atoms with Gasteiger partial charge in [0.2, 0.25) is 5.91 Å². The monoisotopic (exact) mass is 421 g/mol. The number of benzene rings is 1. The number of thioether (sulfide) groups is 1. The van der Waals surface area contributed by atoms with Crippen LogP contribution in [0.2, 0.25) is 0 Å². The lowest BCUT2D eigenvalue weighted by Gasteiger charge is -2.30. The summed E-state index contributed by atoms with van der Waals surface area (Å²) in [6.45, 7) is 8.12. The van der Waals surface area contributed by atoms with Crippen molar-refractivity contribution in [3.05, 3.63) is 53.9 Å². The van der Waals surface area contributed by atoms with Crippen molar-refractivity contribution in [1.29, 1.82) is 0 Å². The van der Waals surface area contributed by atoms with Gasteiger partial charge in [0.05, 0.1) is 11.4 Å². The summed E-state index contributed by atoms with van der Waals surface area (Å²) in [5.74, 6) is 1.87.